The van der Waals surface area contributed by atoms with Crippen LogP contribution in [0.4, 0.5) is 0 Å². The zero-order valence-corrected chi connectivity index (χ0v) is 11.9. The second-order valence-corrected chi connectivity index (χ2v) is 5.64. The van der Waals surface area contributed by atoms with Crippen LogP contribution in [0.3, 0.4) is 0 Å². The first-order valence-electron chi connectivity index (χ1n) is 7.51. The van der Waals surface area contributed by atoms with E-state index in [-0.39, 0.29) is 0 Å². The highest BCUT2D eigenvalue weighted by atomic mass is 15.2. The Kier molecular flexibility index (Phi) is 5.24. The van der Waals surface area contributed by atoms with Crippen molar-refractivity contribution in [1.29, 1.82) is 0 Å². The van der Waals surface area contributed by atoms with Crippen LogP contribution < -0.4 is 5.32 Å². The summed E-state index contributed by atoms with van der Waals surface area (Å²) in [6.45, 7) is 3.40. The lowest BCUT2D eigenvalue weighted by Crippen LogP contribution is -2.37. The van der Waals surface area contributed by atoms with Gasteiger partial charge < -0.3 is 5.32 Å². The minimum absolute atomic E-state index is 0.703. The molecule has 1 aliphatic rings. The van der Waals surface area contributed by atoms with Gasteiger partial charge in [0.2, 0.25) is 0 Å². The average molecular weight is 249 g/mol. The maximum absolute atomic E-state index is 4.54. The molecule has 0 aromatic carbocycles. The van der Waals surface area contributed by atoms with Gasteiger partial charge in [-0.3, -0.25) is 4.68 Å². The number of aryl methyl sites for hydroxylation is 1. The first-order valence-corrected chi connectivity index (χ1v) is 7.51. The van der Waals surface area contributed by atoms with Crippen molar-refractivity contribution in [3.63, 3.8) is 0 Å². The number of nitrogens with one attached hydrogen (secondary N) is 1. The topological polar surface area (TPSA) is 29.9 Å². The lowest BCUT2D eigenvalue weighted by atomic mass is 9.90. The molecule has 0 radical (unpaired) electrons. The third kappa shape index (κ3) is 3.84. The Morgan fingerprint density at radius 2 is 2.17 bits per heavy atom. The second kappa shape index (κ2) is 6.93. The highest BCUT2D eigenvalue weighted by Crippen LogP contribution is 2.26. The van der Waals surface area contributed by atoms with E-state index in [1.165, 1.54) is 44.2 Å². The zero-order chi connectivity index (χ0) is 12.8. The highest BCUT2D eigenvalue weighted by molar-refractivity contribution is 5.01. The van der Waals surface area contributed by atoms with Crippen molar-refractivity contribution < 1.29 is 0 Å². The molecule has 1 heterocycles. The van der Waals surface area contributed by atoms with Crippen molar-refractivity contribution >= 4 is 0 Å². The molecule has 3 heteroatoms. The smallest absolute Gasteiger partial charge is 0.0627 e. The Morgan fingerprint density at radius 1 is 1.33 bits per heavy atom. The predicted octanol–water partition coefficient (Wildman–Crippen LogP) is 2.91. The molecule has 0 spiro atoms. The van der Waals surface area contributed by atoms with Crippen LogP contribution in [0.5, 0.6) is 0 Å². The first-order chi connectivity index (χ1) is 8.79. The highest BCUT2D eigenvalue weighted by Gasteiger charge is 2.23. The second-order valence-electron chi connectivity index (χ2n) is 5.64. The van der Waals surface area contributed by atoms with Crippen molar-refractivity contribution in [3.05, 3.63) is 18.0 Å². The molecule has 1 aromatic rings. The van der Waals surface area contributed by atoms with Crippen molar-refractivity contribution in [3.8, 4) is 0 Å². The van der Waals surface area contributed by atoms with Gasteiger partial charge in [0.25, 0.3) is 0 Å². The monoisotopic (exact) mass is 249 g/mol. The molecule has 2 rings (SSSR count). The summed E-state index contributed by atoms with van der Waals surface area (Å²) in [5.41, 5.74) is 1.26. The van der Waals surface area contributed by atoms with E-state index in [9.17, 15) is 0 Å². The molecule has 1 N–H and O–H groups in total. The van der Waals surface area contributed by atoms with Crippen LogP contribution >= 0.6 is 0 Å². The van der Waals surface area contributed by atoms with E-state index in [0.29, 0.717) is 6.04 Å². The van der Waals surface area contributed by atoms with Crippen molar-refractivity contribution in [2.45, 2.75) is 57.9 Å². The van der Waals surface area contributed by atoms with Crippen LogP contribution in [0, 0.1) is 5.92 Å². The van der Waals surface area contributed by atoms with Gasteiger partial charge in [-0.25, -0.2) is 0 Å². The number of nitrogens with zero attached hydrogens (tertiary/aromatic N) is 2. The van der Waals surface area contributed by atoms with Gasteiger partial charge >= 0.3 is 0 Å². The maximum Gasteiger partial charge on any atom is 0.0627 e. The molecule has 0 bridgehead atoms. The minimum Gasteiger partial charge on any atom is -0.314 e. The van der Waals surface area contributed by atoms with Crippen LogP contribution in [0.2, 0.25) is 0 Å². The average Bonchev–Trinajstić information content (AvgIpc) is 2.64. The van der Waals surface area contributed by atoms with Crippen LogP contribution in [0.15, 0.2) is 12.3 Å². The van der Waals surface area contributed by atoms with Gasteiger partial charge in [0.05, 0.1) is 5.69 Å². The Morgan fingerprint density at radius 3 is 2.89 bits per heavy atom. The summed E-state index contributed by atoms with van der Waals surface area (Å²) in [5.74, 6) is 0.772. The Balaban J connectivity index is 1.96. The fourth-order valence-corrected chi connectivity index (χ4v) is 3.07. The quantitative estimate of drug-likeness (QED) is 0.813. The van der Waals surface area contributed by atoms with Gasteiger partial charge in [0.1, 0.15) is 0 Å². The minimum atomic E-state index is 0.703. The fraction of sp³-hybridized carbons (Fsp3) is 0.800. The molecule has 0 amide bonds. The van der Waals surface area contributed by atoms with Gasteiger partial charge in [-0.15, -0.1) is 0 Å². The lowest BCUT2D eigenvalue weighted by Gasteiger charge is -2.25. The SMILES string of the molecule is CCCNC1CCCCCC1Cc1ccn(C)n1. The van der Waals surface area contributed by atoms with Gasteiger partial charge in [-0.1, -0.05) is 26.2 Å². The van der Waals surface area contributed by atoms with Gasteiger partial charge in [-0.2, -0.15) is 5.10 Å². The molecule has 3 nitrogen and oxygen atoms in total. The summed E-state index contributed by atoms with van der Waals surface area (Å²) in [5, 5.41) is 8.29. The summed E-state index contributed by atoms with van der Waals surface area (Å²) in [6, 6.07) is 2.87. The van der Waals surface area contributed by atoms with E-state index in [1.54, 1.807) is 0 Å². The van der Waals surface area contributed by atoms with E-state index >= 15 is 0 Å². The summed E-state index contributed by atoms with van der Waals surface area (Å²) in [7, 11) is 2.00. The van der Waals surface area contributed by atoms with Crippen molar-refractivity contribution in [2.75, 3.05) is 6.54 Å². The summed E-state index contributed by atoms with van der Waals surface area (Å²) >= 11 is 0. The summed E-state index contributed by atoms with van der Waals surface area (Å²) in [6.07, 6.45) is 11.3. The van der Waals surface area contributed by atoms with E-state index in [1.807, 2.05) is 11.7 Å². The third-order valence-corrected chi connectivity index (χ3v) is 4.06. The largest absolute Gasteiger partial charge is 0.314 e. The van der Waals surface area contributed by atoms with Crippen LogP contribution in [-0.4, -0.2) is 22.4 Å². The van der Waals surface area contributed by atoms with E-state index in [2.05, 4.69) is 29.6 Å². The normalized spacial score (nSPS) is 25.0. The number of rotatable bonds is 5. The summed E-state index contributed by atoms with van der Waals surface area (Å²) < 4.78 is 1.92. The molecule has 1 fully saturated rings. The van der Waals surface area contributed by atoms with Gasteiger partial charge in [-0.05, 0) is 44.2 Å². The van der Waals surface area contributed by atoms with Gasteiger partial charge in [0.15, 0.2) is 0 Å². The Labute approximate surface area is 111 Å². The first kappa shape index (κ1) is 13.6. The molecule has 1 aliphatic carbocycles. The standard InChI is InChI=1S/C15H27N3/c1-3-10-16-15-8-6-4-5-7-13(15)12-14-9-11-18(2)17-14/h9,11,13,15-16H,3-8,10,12H2,1-2H3. The lowest BCUT2D eigenvalue weighted by molar-refractivity contribution is 0.330. The molecular formula is C15H27N3. The number of hydrogen-bond acceptors (Lipinski definition) is 2. The molecule has 18 heavy (non-hydrogen) atoms. The molecule has 0 aliphatic heterocycles. The fourth-order valence-electron chi connectivity index (χ4n) is 3.07. The van der Waals surface area contributed by atoms with Crippen LogP contribution in [-0.2, 0) is 13.5 Å². The number of aromatic nitrogens is 2. The molecule has 102 valence electrons. The predicted molar refractivity (Wildman–Crippen MR) is 75.6 cm³/mol. The molecular weight excluding hydrogens is 222 g/mol. The third-order valence-electron chi connectivity index (χ3n) is 4.06. The summed E-state index contributed by atoms with van der Waals surface area (Å²) in [4.78, 5) is 0. The molecule has 0 saturated heterocycles. The molecule has 1 aromatic heterocycles. The molecule has 2 unspecified atom stereocenters. The van der Waals surface area contributed by atoms with E-state index in [4.69, 9.17) is 0 Å². The van der Waals surface area contributed by atoms with Gasteiger partial charge in [0, 0.05) is 19.3 Å². The van der Waals surface area contributed by atoms with E-state index < -0.39 is 0 Å². The maximum atomic E-state index is 4.54. The van der Waals surface area contributed by atoms with Crippen LogP contribution in [0.1, 0.15) is 51.1 Å². The molecule has 2 atom stereocenters. The van der Waals surface area contributed by atoms with Crippen molar-refractivity contribution in [1.82, 2.24) is 15.1 Å². The van der Waals surface area contributed by atoms with E-state index in [0.717, 1.165) is 18.9 Å². The Hall–Kier alpha value is -0.830. The Bertz CT molecular complexity index is 345. The van der Waals surface area contributed by atoms with Crippen LogP contribution in [0.25, 0.3) is 0 Å². The zero-order valence-electron chi connectivity index (χ0n) is 11.9. The number of hydrogen-bond donors (Lipinski definition) is 1. The van der Waals surface area contributed by atoms with Crippen molar-refractivity contribution in [2.24, 2.45) is 13.0 Å². The molecule has 1 saturated carbocycles.